The summed E-state index contributed by atoms with van der Waals surface area (Å²) in [6.07, 6.45) is -1.50. The highest BCUT2D eigenvalue weighted by Crippen LogP contribution is 2.47. The summed E-state index contributed by atoms with van der Waals surface area (Å²) < 4.78 is 28.2. The Morgan fingerprint density at radius 3 is 2.02 bits per heavy atom. The molecule has 5 aromatic rings. The van der Waals surface area contributed by atoms with Crippen molar-refractivity contribution in [3.05, 3.63) is 126 Å². The summed E-state index contributed by atoms with van der Waals surface area (Å²) in [6, 6.07) is 34.0. The predicted molar refractivity (Wildman–Crippen MR) is 160 cm³/mol. The Labute approximate surface area is 245 Å². The molecule has 9 heteroatoms. The van der Waals surface area contributed by atoms with E-state index in [2.05, 4.69) is 10.1 Å². The largest absolute Gasteiger partial charge is 0.382 e. The molecule has 0 aliphatic carbocycles. The van der Waals surface area contributed by atoms with Gasteiger partial charge >= 0.3 is 0 Å². The molecule has 4 N–H and O–H groups in total. The Morgan fingerprint density at radius 2 is 1.38 bits per heavy atom. The van der Waals surface area contributed by atoms with Gasteiger partial charge in [0.1, 0.15) is 29.4 Å². The molecule has 0 saturated carbocycles. The first-order valence-electron chi connectivity index (χ1n) is 14.0. The van der Waals surface area contributed by atoms with Crippen LogP contribution in [0.25, 0.3) is 5.52 Å². The van der Waals surface area contributed by atoms with Crippen LogP contribution in [0.1, 0.15) is 35.4 Å². The number of nitrogen functional groups attached to an aromatic ring is 2. The molecule has 6 rings (SSSR count). The van der Waals surface area contributed by atoms with Crippen LogP contribution in [-0.4, -0.2) is 39.0 Å². The van der Waals surface area contributed by atoms with Crippen molar-refractivity contribution in [2.75, 3.05) is 18.1 Å². The minimum absolute atomic E-state index is 0.0713. The number of aromatic nitrogens is 3. The minimum Gasteiger partial charge on any atom is -0.382 e. The average Bonchev–Trinajstić information content (AvgIpc) is 3.55. The van der Waals surface area contributed by atoms with Crippen molar-refractivity contribution in [2.45, 2.75) is 50.7 Å². The third-order valence-electron chi connectivity index (χ3n) is 7.65. The summed E-state index contributed by atoms with van der Waals surface area (Å²) >= 11 is 0. The highest BCUT2D eigenvalue weighted by Gasteiger charge is 2.57. The molecular formula is C33H35N5O4. The first-order valence-corrected chi connectivity index (χ1v) is 14.0. The van der Waals surface area contributed by atoms with Crippen molar-refractivity contribution >= 4 is 17.3 Å². The second-order valence-corrected chi connectivity index (χ2v) is 10.6. The normalized spacial score (nSPS) is 22.1. The fraction of sp³-hybridized carbons (Fsp3) is 0.273. The molecule has 0 spiro atoms. The molecule has 3 aromatic carbocycles. The standard InChI is InChI=1S/C33H35N5O4/c1-33(41-21-25-15-9-4-10-16-25)29(26-17-18-27-31(34)36-32(35)37-38(26)27)42-28(22-39-19-23-11-5-2-6-12-23)30(33)40-20-24-13-7-3-8-14-24/h2-18,28-30H,19-22H2,1H3,(H4,34,35,36,37)/t28-,29+,30-,33+/m1/s1. The van der Waals surface area contributed by atoms with Gasteiger partial charge < -0.3 is 30.4 Å². The minimum atomic E-state index is -0.936. The topological polar surface area (TPSA) is 119 Å². The molecule has 4 atom stereocenters. The smallest absolute Gasteiger partial charge is 0.240 e. The van der Waals surface area contributed by atoms with E-state index in [-0.39, 0.29) is 5.95 Å². The van der Waals surface area contributed by atoms with Crippen molar-refractivity contribution in [2.24, 2.45) is 0 Å². The highest BCUT2D eigenvalue weighted by molar-refractivity contribution is 5.67. The third-order valence-corrected chi connectivity index (χ3v) is 7.65. The summed E-state index contributed by atoms with van der Waals surface area (Å²) in [6.45, 7) is 3.53. The van der Waals surface area contributed by atoms with Gasteiger partial charge in [-0.05, 0) is 35.7 Å². The van der Waals surface area contributed by atoms with Crippen LogP contribution in [0.15, 0.2) is 103 Å². The van der Waals surface area contributed by atoms with Crippen LogP contribution in [0, 0.1) is 0 Å². The van der Waals surface area contributed by atoms with E-state index in [1.54, 1.807) is 4.52 Å². The summed E-state index contributed by atoms with van der Waals surface area (Å²) in [4.78, 5) is 4.12. The van der Waals surface area contributed by atoms with Crippen LogP contribution in [-0.2, 0) is 38.8 Å². The molecule has 1 aliphatic heterocycles. The number of anilines is 2. The first-order chi connectivity index (χ1) is 20.5. The Kier molecular flexibility index (Phi) is 8.16. The molecule has 1 fully saturated rings. The van der Waals surface area contributed by atoms with Gasteiger partial charge in [0.05, 0.1) is 32.1 Å². The van der Waals surface area contributed by atoms with Crippen molar-refractivity contribution in [3.63, 3.8) is 0 Å². The van der Waals surface area contributed by atoms with Gasteiger partial charge in [0.2, 0.25) is 5.95 Å². The molecule has 0 bridgehead atoms. The Morgan fingerprint density at radius 1 is 0.786 bits per heavy atom. The molecule has 0 amide bonds. The number of ether oxygens (including phenoxy) is 4. The molecule has 0 unspecified atom stereocenters. The second kappa shape index (κ2) is 12.3. The molecule has 1 aliphatic rings. The van der Waals surface area contributed by atoms with Gasteiger partial charge in [0.25, 0.3) is 0 Å². The number of hydrogen-bond acceptors (Lipinski definition) is 8. The van der Waals surface area contributed by atoms with Crippen molar-refractivity contribution in [3.8, 4) is 0 Å². The molecule has 9 nitrogen and oxygen atoms in total. The Hall–Kier alpha value is -4.28. The SMILES string of the molecule is C[C@@]1(OCc2ccccc2)[C@H](OCc2ccccc2)[C@@H](COCc2ccccc2)O[C@H]1c1ccc2c(N)nc(N)nn12. The highest BCUT2D eigenvalue weighted by atomic mass is 16.6. The zero-order valence-corrected chi connectivity index (χ0v) is 23.5. The van der Waals surface area contributed by atoms with E-state index in [1.807, 2.05) is 110 Å². The second-order valence-electron chi connectivity index (χ2n) is 10.6. The summed E-state index contributed by atoms with van der Waals surface area (Å²) in [7, 11) is 0. The average molecular weight is 566 g/mol. The molecule has 2 aromatic heterocycles. The molecule has 216 valence electrons. The quantitative estimate of drug-likeness (QED) is 0.227. The van der Waals surface area contributed by atoms with Crippen LogP contribution in [0.2, 0.25) is 0 Å². The maximum atomic E-state index is 6.80. The third kappa shape index (κ3) is 5.86. The van der Waals surface area contributed by atoms with Crippen molar-refractivity contribution in [1.82, 2.24) is 14.6 Å². The maximum Gasteiger partial charge on any atom is 0.240 e. The lowest BCUT2D eigenvalue weighted by atomic mass is 9.90. The monoisotopic (exact) mass is 565 g/mol. The lowest BCUT2D eigenvalue weighted by Crippen LogP contribution is -2.47. The number of hydrogen-bond donors (Lipinski definition) is 2. The number of rotatable bonds is 11. The fourth-order valence-electron chi connectivity index (χ4n) is 5.51. The number of nitrogens with two attached hydrogens (primary N) is 2. The van der Waals surface area contributed by atoms with Gasteiger partial charge in [-0.25, -0.2) is 4.52 Å². The van der Waals surface area contributed by atoms with Crippen LogP contribution < -0.4 is 11.5 Å². The Bertz CT molecular complexity index is 1600. The first kappa shape index (κ1) is 27.9. The molecule has 1 saturated heterocycles. The van der Waals surface area contributed by atoms with Gasteiger partial charge in [0.15, 0.2) is 5.82 Å². The van der Waals surface area contributed by atoms with E-state index in [0.29, 0.717) is 37.8 Å². The molecule has 42 heavy (non-hydrogen) atoms. The predicted octanol–water partition coefficient (Wildman–Crippen LogP) is 5.11. The van der Waals surface area contributed by atoms with Gasteiger partial charge in [-0.1, -0.05) is 91.0 Å². The summed E-state index contributed by atoms with van der Waals surface area (Å²) in [5, 5.41) is 4.47. The van der Waals surface area contributed by atoms with Crippen LogP contribution >= 0.6 is 0 Å². The van der Waals surface area contributed by atoms with Crippen molar-refractivity contribution < 1.29 is 18.9 Å². The van der Waals surface area contributed by atoms with E-state index in [1.165, 1.54) is 0 Å². The lowest BCUT2D eigenvalue weighted by molar-refractivity contribution is -0.148. The van der Waals surface area contributed by atoms with E-state index >= 15 is 0 Å². The summed E-state index contributed by atoms with van der Waals surface area (Å²) in [5.41, 5.74) is 15.8. The zero-order valence-electron chi connectivity index (χ0n) is 23.5. The van der Waals surface area contributed by atoms with Gasteiger partial charge in [0, 0.05) is 0 Å². The summed E-state index contributed by atoms with van der Waals surface area (Å²) in [5.74, 6) is 0.361. The van der Waals surface area contributed by atoms with Crippen molar-refractivity contribution in [1.29, 1.82) is 0 Å². The fourth-order valence-corrected chi connectivity index (χ4v) is 5.51. The number of nitrogens with zero attached hydrogens (tertiary/aromatic N) is 3. The van der Waals surface area contributed by atoms with E-state index in [4.69, 9.17) is 30.4 Å². The molecule has 3 heterocycles. The van der Waals surface area contributed by atoms with Gasteiger partial charge in [-0.2, -0.15) is 4.98 Å². The number of fused-ring (bicyclic) bond motifs is 1. The zero-order chi connectivity index (χ0) is 28.9. The maximum absolute atomic E-state index is 6.80. The number of benzene rings is 3. The lowest BCUT2D eigenvalue weighted by Gasteiger charge is -2.35. The van der Waals surface area contributed by atoms with Crippen LogP contribution in [0.5, 0.6) is 0 Å². The van der Waals surface area contributed by atoms with E-state index in [0.717, 1.165) is 22.4 Å². The van der Waals surface area contributed by atoms with Gasteiger partial charge in [-0.3, -0.25) is 0 Å². The van der Waals surface area contributed by atoms with Crippen LogP contribution in [0.3, 0.4) is 0 Å². The molecule has 0 radical (unpaired) electrons. The van der Waals surface area contributed by atoms with Crippen LogP contribution in [0.4, 0.5) is 11.8 Å². The van der Waals surface area contributed by atoms with E-state index in [9.17, 15) is 0 Å². The van der Waals surface area contributed by atoms with E-state index < -0.39 is 23.9 Å². The molecular weight excluding hydrogens is 530 g/mol. The Balaban J connectivity index is 1.35. The van der Waals surface area contributed by atoms with Gasteiger partial charge in [-0.15, -0.1) is 5.10 Å².